The normalized spacial score (nSPS) is 10.3. The van der Waals surface area contributed by atoms with Gasteiger partial charge in [0.1, 0.15) is 0 Å². The van der Waals surface area contributed by atoms with E-state index in [1.165, 1.54) is 13.2 Å². The van der Waals surface area contributed by atoms with Crippen molar-refractivity contribution < 1.29 is 19.1 Å². The average Bonchev–Trinajstić information content (AvgIpc) is 2.69. The van der Waals surface area contributed by atoms with Crippen molar-refractivity contribution in [2.75, 3.05) is 26.8 Å². The molecule has 0 radical (unpaired) electrons. The summed E-state index contributed by atoms with van der Waals surface area (Å²) in [6, 6.07) is 16.6. The SMILES string of the molecule is COc1ccccc1OCC(=O)NCCNC(=O)/C=C/c1ccccc1. The molecule has 0 aliphatic rings. The van der Waals surface area contributed by atoms with E-state index in [1.807, 2.05) is 36.4 Å². The fourth-order valence-electron chi connectivity index (χ4n) is 2.11. The van der Waals surface area contributed by atoms with Gasteiger partial charge in [-0.1, -0.05) is 42.5 Å². The van der Waals surface area contributed by atoms with Crippen LogP contribution in [0.15, 0.2) is 60.7 Å². The molecule has 0 spiro atoms. The van der Waals surface area contributed by atoms with E-state index in [2.05, 4.69) is 10.6 Å². The summed E-state index contributed by atoms with van der Waals surface area (Å²) in [5.74, 6) is 0.584. The molecule has 0 saturated heterocycles. The summed E-state index contributed by atoms with van der Waals surface area (Å²) in [5, 5.41) is 5.38. The summed E-state index contributed by atoms with van der Waals surface area (Å²) in [4.78, 5) is 23.5. The molecule has 2 N–H and O–H groups in total. The maximum Gasteiger partial charge on any atom is 0.258 e. The Hall–Kier alpha value is -3.28. The predicted molar refractivity (Wildman–Crippen MR) is 100.0 cm³/mol. The van der Waals surface area contributed by atoms with Gasteiger partial charge >= 0.3 is 0 Å². The number of ether oxygens (including phenoxy) is 2. The van der Waals surface area contributed by atoms with Crippen LogP contribution in [0.1, 0.15) is 5.56 Å². The molecule has 2 amide bonds. The quantitative estimate of drug-likeness (QED) is 0.534. The zero-order valence-corrected chi connectivity index (χ0v) is 14.6. The average molecular weight is 354 g/mol. The van der Waals surface area contributed by atoms with Crippen molar-refractivity contribution in [1.82, 2.24) is 10.6 Å². The van der Waals surface area contributed by atoms with Crippen molar-refractivity contribution >= 4 is 17.9 Å². The van der Waals surface area contributed by atoms with Crippen molar-refractivity contribution in [2.45, 2.75) is 0 Å². The van der Waals surface area contributed by atoms with Gasteiger partial charge in [0.25, 0.3) is 5.91 Å². The van der Waals surface area contributed by atoms with Crippen molar-refractivity contribution in [3.05, 3.63) is 66.2 Å². The lowest BCUT2D eigenvalue weighted by Crippen LogP contribution is -2.36. The Labute approximate surface area is 152 Å². The largest absolute Gasteiger partial charge is 0.493 e. The third kappa shape index (κ3) is 6.68. The van der Waals surface area contributed by atoms with Crippen LogP contribution in [0.25, 0.3) is 6.08 Å². The number of nitrogens with one attached hydrogen (secondary N) is 2. The van der Waals surface area contributed by atoms with E-state index in [-0.39, 0.29) is 18.4 Å². The van der Waals surface area contributed by atoms with Gasteiger partial charge in [-0.3, -0.25) is 9.59 Å². The molecule has 0 bridgehead atoms. The van der Waals surface area contributed by atoms with Crippen LogP contribution in [-0.4, -0.2) is 38.6 Å². The number of para-hydroxylation sites is 2. The summed E-state index contributed by atoms with van der Waals surface area (Å²) >= 11 is 0. The van der Waals surface area contributed by atoms with Crippen molar-refractivity contribution in [2.24, 2.45) is 0 Å². The Morgan fingerprint density at radius 2 is 1.58 bits per heavy atom. The minimum Gasteiger partial charge on any atom is -0.493 e. The zero-order chi connectivity index (χ0) is 18.6. The third-order valence-electron chi connectivity index (χ3n) is 3.40. The molecule has 2 rings (SSSR count). The summed E-state index contributed by atoms with van der Waals surface area (Å²) in [7, 11) is 1.54. The number of carbonyl (C=O) groups is 2. The summed E-state index contributed by atoms with van der Waals surface area (Å²) in [6.45, 7) is 0.527. The molecule has 0 atom stereocenters. The van der Waals surface area contributed by atoms with E-state index >= 15 is 0 Å². The minimum absolute atomic E-state index is 0.123. The smallest absolute Gasteiger partial charge is 0.258 e. The number of rotatable bonds is 9. The van der Waals surface area contributed by atoms with Gasteiger partial charge in [0, 0.05) is 19.2 Å². The van der Waals surface area contributed by atoms with Gasteiger partial charge in [0.15, 0.2) is 18.1 Å². The first kappa shape index (κ1) is 19.1. The molecule has 0 heterocycles. The van der Waals surface area contributed by atoms with E-state index < -0.39 is 0 Å². The topological polar surface area (TPSA) is 76.7 Å². The van der Waals surface area contributed by atoms with E-state index in [0.29, 0.717) is 24.6 Å². The molecule has 136 valence electrons. The highest BCUT2D eigenvalue weighted by Crippen LogP contribution is 2.25. The maximum absolute atomic E-state index is 11.8. The second kappa shape index (κ2) is 10.6. The van der Waals surface area contributed by atoms with E-state index in [9.17, 15) is 9.59 Å². The second-order valence-corrected chi connectivity index (χ2v) is 5.32. The number of hydrogen-bond donors (Lipinski definition) is 2. The Morgan fingerprint density at radius 1 is 0.923 bits per heavy atom. The van der Waals surface area contributed by atoms with Crippen LogP contribution in [0.2, 0.25) is 0 Å². The van der Waals surface area contributed by atoms with Crippen molar-refractivity contribution in [3.8, 4) is 11.5 Å². The van der Waals surface area contributed by atoms with Crippen LogP contribution in [0.5, 0.6) is 11.5 Å². The number of methoxy groups -OCH3 is 1. The van der Waals surface area contributed by atoms with Crippen molar-refractivity contribution in [1.29, 1.82) is 0 Å². The van der Waals surface area contributed by atoms with Gasteiger partial charge in [-0.15, -0.1) is 0 Å². The Bertz CT molecular complexity index is 744. The van der Waals surface area contributed by atoms with Gasteiger partial charge in [-0.25, -0.2) is 0 Å². The third-order valence-corrected chi connectivity index (χ3v) is 3.40. The fraction of sp³-hybridized carbons (Fsp3) is 0.200. The molecule has 6 nitrogen and oxygen atoms in total. The molecule has 0 aromatic heterocycles. The number of hydrogen-bond acceptors (Lipinski definition) is 4. The molecule has 26 heavy (non-hydrogen) atoms. The Kier molecular flexibility index (Phi) is 7.74. The van der Waals surface area contributed by atoms with Gasteiger partial charge in [-0.05, 0) is 23.8 Å². The molecule has 2 aromatic carbocycles. The highest BCUT2D eigenvalue weighted by molar-refractivity contribution is 5.91. The summed E-state index contributed by atoms with van der Waals surface area (Å²) < 4.78 is 10.6. The highest BCUT2D eigenvalue weighted by atomic mass is 16.5. The monoisotopic (exact) mass is 354 g/mol. The Balaban J connectivity index is 1.62. The number of carbonyl (C=O) groups excluding carboxylic acids is 2. The first-order valence-corrected chi connectivity index (χ1v) is 8.22. The Morgan fingerprint density at radius 3 is 2.31 bits per heavy atom. The molecule has 2 aromatic rings. The molecule has 0 aliphatic heterocycles. The minimum atomic E-state index is -0.273. The van der Waals surface area contributed by atoms with Gasteiger partial charge in [0.05, 0.1) is 7.11 Å². The summed E-state index contributed by atoms with van der Waals surface area (Å²) in [6.07, 6.45) is 3.19. The first-order valence-electron chi connectivity index (χ1n) is 8.22. The number of benzene rings is 2. The number of amides is 2. The predicted octanol–water partition coefficient (Wildman–Crippen LogP) is 2.02. The van der Waals surface area contributed by atoms with Crippen LogP contribution in [0.3, 0.4) is 0 Å². The van der Waals surface area contributed by atoms with Crippen LogP contribution >= 0.6 is 0 Å². The molecule has 0 unspecified atom stereocenters. The molecular formula is C20H22N2O4. The molecule has 6 heteroatoms. The van der Waals surface area contributed by atoms with Gasteiger partial charge in [-0.2, -0.15) is 0 Å². The standard InChI is InChI=1S/C20H22N2O4/c1-25-17-9-5-6-10-18(17)26-15-20(24)22-14-13-21-19(23)12-11-16-7-3-2-4-8-16/h2-12H,13-15H2,1H3,(H,21,23)(H,22,24)/b12-11+. The van der Waals surface area contributed by atoms with Gasteiger partial charge in [0.2, 0.25) is 5.91 Å². The highest BCUT2D eigenvalue weighted by Gasteiger charge is 2.06. The van der Waals surface area contributed by atoms with Crippen LogP contribution < -0.4 is 20.1 Å². The molecule has 0 aliphatic carbocycles. The molecule has 0 saturated carbocycles. The van der Waals surface area contributed by atoms with Crippen LogP contribution in [0.4, 0.5) is 0 Å². The van der Waals surface area contributed by atoms with E-state index in [0.717, 1.165) is 5.56 Å². The van der Waals surface area contributed by atoms with E-state index in [4.69, 9.17) is 9.47 Å². The molecule has 0 fully saturated rings. The fourth-order valence-corrected chi connectivity index (χ4v) is 2.11. The van der Waals surface area contributed by atoms with Crippen LogP contribution in [0, 0.1) is 0 Å². The second-order valence-electron chi connectivity index (χ2n) is 5.32. The van der Waals surface area contributed by atoms with E-state index in [1.54, 1.807) is 24.3 Å². The first-order chi connectivity index (χ1) is 12.7. The zero-order valence-electron chi connectivity index (χ0n) is 14.6. The maximum atomic E-state index is 11.8. The lowest BCUT2D eigenvalue weighted by Gasteiger charge is -2.10. The van der Waals surface area contributed by atoms with Crippen molar-refractivity contribution in [3.63, 3.8) is 0 Å². The lowest BCUT2D eigenvalue weighted by molar-refractivity contribution is -0.123. The molecular weight excluding hydrogens is 332 g/mol. The lowest BCUT2D eigenvalue weighted by atomic mass is 10.2. The summed E-state index contributed by atoms with van der Waals surface area (Å²) in [5.41, 5.74) is 0.949. The van der Waals surface area contributed by atoms with Gasteiger partial charge < -0.3 is 20.1 Å². The van der Waals surface area contributed by atoms with Crippen LogP contribution in [-0.2, 0) is 9.59 Å².